The van der Waals surface area contributed by atoms with Crippen LogP contribution in [0.25, 0.3) is 0 Å². The van der Waals surface area contributed by atoms with Crippen LogP contribution in [0.1, 0.15) is 38.9 Å². The first-order valence-electron chi connectivity index (χ1n) is 24.8. The fourth-order valence-electron chi connectivity index (χ4n) is 8.97. The lowest BCUT2D eigenvalue weighted by Gasteiger charge is -2.47. The van der Waals surface area contributed by atoms with Gasteiger partial charge in [-0.05, 0) is 38.9 Å². The summed E-state index contributed by atoms with van der Waals surface area (Å²) in [4.78, 5) is 0. The van der Waals surface area contributed by atoms with Gasteiger partial charge in [0, 0.05) is 0 Å². The molecule has 0 bridgehead atoms. The molecule has 2 saturated heterocycles. The SMILES string of the molecule is OC1O[C@H](CO[C@H]2O[C@H](COCc3ccccc3)[C@H](OCc3ccccc3)[C@H](OCc3ccccc3)[C@H]2OCc2ccccc2)[C@H](OCc2ccccc2)[C@H](OCc2ccccc2)[C@H]1OCc1ccccc1. The molecule has 11 nitrogen and oxygen atoms in total. The maximum Gasteiger partial charge on any atom is 0.187 e. The summed E-state index contributed by atoms with van der Waals surface area (Å²) >= 11 is 0. The van der Waals surface area contributed by atoms with Gasteiger partial charge in [-0.2, -0.15) is 0 Å². The van der Waals surface area contributed by atoms with Gasteiger partial charge in [-0.1, -0.05) is 212 Å². The highest BCUT2D eigenvalue weighted by molar-refractivity contribution is 5.19. The first-order valence-corrected chi connectivity index (χ1v) is 24.8. The van der Waals surface area contributed by atoms with Crippen molar-refractivity contribution in [1.29, 1.82) is 0 Å². The van der Waals surface area contributed by atoms with E-state index in [1.165, 1.54) is 0 Å². The Morgan fingerprint density at radius 1 is 0.278 bits per heavy atom. The van der Waals surface area contributed by atoms with Gasteiger partial charge in [0.1, 0.15) is 48.8 Å². The van der Waals surface area contributed by atoms with Crippen molar-refractivity contribution in [3.05, 3.63) is 251 Å². The van der Waals surface area contributed by atoms with E-state index in [0.29, 0.717) is 6.61 Å². The summed E-state index contributed by atoms with van der Waals surface area (Å²) in [6, 6.07) is 69.7. The van der Waals surface area contributed by atoms with Gasteiger partial charge in [0.05, 0.1) is 59.5 Å². The van der Waals surface area contributed by atoms with Gasteiger partial charge >= 0.3 is 0 Å². The molecule has 2 fully saturated rings. The predicted molar refractivity (Wildman–Crippen MR) is 272 cm³/mol. The van der Waals surface area contributed by atoms with Crippen LogP contribution in [0.4, 0.5) is 0 Å². The van der Waals surface area contributed by atoms with Crippen molar-refractivity contribution in [1.82, 2.24) is 0 Å². The number of ether oxygens (including phenoxy) is 10. The summed E-state index contributed by atoms with van der Waals surface area (Å²) in [5, 5.41) is 12.0. The molecule has 2 aliphatic rings. The number of rotatable bonds is 25. The van der Waals surface area contributed by atoms with E-state index in [-0.39, 0.29) is 52.9 Å². The molecule has 11 heteroatoms. The molecular weight excluding hydrogens is 909 g/mol. The van der Waals surface area contributed by atoms with Crippen molar-refractivity contribution < 1.29 is 52.5 Å². The van der Waals surface area contributed by atoms with Gasteiger partial charge in [0.15, 0.2) is 12.6 Å². The van der Waals surface area contributed by atoms with E-state index in [0.717, 1.165) is 38.9 Å². The molecule has 0 saturated carbocycles. The molecule has 2 aliphatic heterocycles. The molecule has 9 rings (SSSR count). The van der Waals surface area contributed by atoms with Crippen molar-refractivity contribution in [2.45, 2.75) is 108 Å². The minimum Gasteiger partial charge on any atom is -0.374 e. The normalized spacial score (nSPS) is 24.2. The second-order valence-electron chi connectivity index (χ2n) is 18.0. The Labute approximate surface area is 423 Å². The fourth-order valence-corrected chi connectivity index (χ4v) is 8.97. The largest absolute Gasteiger partial charge is 0.374 e. The third-order valence-electron chi connectivity index (χ3n) is 12.7. The van der Waals surface area contributed by atoms with E-state index in [4.69, 9.17) is 47.4 Å². The van der Waals surface area contributed by atoms with E-state index in [1.54, 1.807) is 0 Å². The van der Waals surface area contributed by atoms with Crippen LogP contribution in [0.5, 0.6) is 0 Å². The number of hydrogen-bond donors (Lipinski definition) is 1. The zero-order chi connectivity index (χ0) is 49.0. The second kappa shape index (κ2) is 27.2. The van der Waals surface area contributed by atoms with E-state index < -0.39 is 61.4 Å². The van der Waals surface area contributed by atoms with Crippen LogP contribution in [0, 0.1) is 0 Å². The van der Waals surface area contributed by atoms with Gasteiger partial charge in [-0.15, -0.1) is 0 Å². The average molecular weight is 973 g/mol. The molecule has 0 spiro atoms. The van der Waals surface area contributed by atoms with Crippen LogP contribution in [0.15, 0.2) is 212 Å². The average Bonchev–Trinajstić information content (AvgIpc) is 3.44. The zero-order valence-electron chi connectivity index (χ0n) is 40.4. The molecule has 0 aliphatic carbocycles. The lowest BCUT2D eigenvalue weighted by Crippen LogP contribution is -2.63. The lowest BCUT2D eigenvalue weighted by atomic mass is 9.97. The molecule has 0 radical (unpaired) electrons. The van der Waals surface area contributed by atoms with Crippen LogP contribution < -0.4 is 0 Å². The third kappa shape index (κ3) is 14.8. The Morgan fingerprint density at radius 2 is 0.556 bits per heavy atom. The minimum atomic E-state index is -1.41. The molecule has 2 heterocycles. The summed E-state index contributed by atoms with van der Waals surface area (Å²) in [6.07, 6.45) is -8.74. The maximum absolute atomic E-state index is 12.0. The molecule has 72 heavy (non-hydrogen) atoms. The van der Waals surface area contributed by atoms with Crippen LogP contribution in [0.3, 0.4) is 0 Å². The molecule has 7 aromatic rings. The predicted octanol–water partition coefficient (Wildman–Crippen LogP) is 10.2. The summed E-state index contributed by atoms with van der Waals surface area (Å²) in [5.74, 6) is 0. The highest BCUT2D eigenvalue weighted by atomic mass is 16.7. The maximum atomic E-state index is 12.0. The number of aliphatic hydroxyl groups excluding tert-OH is 1. The first-order chi connectivity index (χ1) is 35.6. The molecule has 0 aromatic heterocycles. The Bertz CT molecular complexity index is 2550. The lowest BCUT2D eigenvalue weighted by molar-refractivity contribution is -0.349. The van der Waals surface area contributed by atoms with Crippen molar-refractivity contribution >= 4 is 0 Å². The minimum absolute atomic E-state index is 0.0957. The third-order valence-corrected chi connectivity index (χ3v) is 12.7. The van der Waals surface area contributed by atoms with E-state index in [2.05, 4.69) is 0 Å². The van der Waals surface area contributed by atoms with Crippen molar-refractivity contribution in [3.8, 4) is 0 Å². The Hall–Kier alpha value is -5.90. The summed E-state index contributed by atoms with van der Waals surface area (Å²) < 4.78 is 67.9. The van der Waals surface area contributed by atoms with Crippen molar-refractivity contribution in [3.63, 3.8) is 0 Å². The number of benzene rings is 7. The van der Waals surface area contributed by atoms with Gasteiger partial charge in [-0.3, -0.25) is 0 Å². The van der Waals surface area contributed by atoms with Crippen LogP contribution in [-0.2, 0) is 93.6 Å². The Balaban J connectivity index is 1.04. The van der Waals surface area contributed by atoms with Gasteiger partial charge in [0.25, 0.3) is 0 Å². The van der Waals surface area contributed by atoms with Gasteiger partial charge < -0.3 is 52.5 Å². The van der Waals surface area contributed by atoms with Crippen LogP contribution in [-0.4, -0.2) is 79.7 Å². The number of aliphatic hydroxyl groups is 1. The van der Waals surface area contributed by atoms with E-state index in [1.807, 2.05) is 212 Å². The molecule has 7 aromatic carbocycles. The highest BCUT2D eigenvalue weighted by Crippen LogP contribution is 2.34. The van der Waals surface area contributed by atoms with Crippen LogP contribution >= 0.6 is 0 Å². The first kappa shape index (κ1) is 51.0. The topological polar surface area (TPSA) is 113 Å². The summed E-state index contributed by atoms with van der Waals surface area (Å²) in [6.45, 7) is 1.89. The molecule has 1 N–H and O–H groups in total. The summed E-state index contributed by atoms with van der Waals surface area (Å²) in [5.41, 5.74) is 6.80. The van der Waals surface area contributed by atoms with Gasteiger partial charge in [0.2, 0.25) is 0 Å². The molecular formula is C61H64O11. The highest BCUT2D eigenvalue weighted by Gasteiger charge is 2.52. The smallest absolute Gasteiger partial charge is 0.187 e. The zero-order valence-corrected chi connectivity index (χ0v) is 40.4. The quantitative estimate of drug-likeness (QED) is 0.0591. The molecule has 10 atom stereocenters. The molecule has 374 valence electrons. The van der Waals surface area contributed by atoms with E-state index in [9.17, 15) is 5.11 Å². The number of hydrogen-bond acceptors (Lipinski definition) is 11. The van der Waals surface area contributed by atoms with Crippen molar-refractivity contribution in [2.24, 2.45) is 0 Å². The van der Waals surface area contributed by atoms with Crippen molar-refractivity contribution in [2.75, 3.05) is 13.2 Å². The van der Waals surface area contributed by atoms with Crippen LogP contribution in [0.2, 0.25) is 0 Å². The van der Waals surface area contributed by atoms with E-state index >= 15 is 0 Å². The molecule has 1 unspecified atom stereocenters. The Kier molecular flexibility index (Phi) is 19.3. The second-order valence-corrected chi connectivity index (χ2v) is 18.0. The van der Waals surface area contributed by atoms with Gasteiger partial charge in [-0.25, -0.2) is 0 Å². The molecule has 0 amide bonds. The Morgan fingerprint density at radius 3 is 0.917 bits per heavy atom. The standard InChI is InChI=1S/C61H64O11/c62-60-58(68-41-50-32-18-6-19-33-50)56(66-39-48-28-14-4-15-29-48)55(65-38-47-26-12-3-13-27-47)53(71-60)44-70-61-59(69-42-51-34-20-7-21-35-51)57(67-40-49-30-16-5-17-31-49)54(64-37-46-24-10-2-11-25-46)52(72-61)43-63-36-45-22-8-1-9-23-45/h1-35,52-62H,36-44H2/t52-,53-,54+,55+,56+,57+,58-,59-,60?,61+/m1/s1. The fraction of sp³-hybridized carbons (Fsp3) is 0.311. The summed E-state index contributed by atoms with van der Waals surface area (Å²) in [7, 11) is 0. The monoisotopic (exact) mass is 972 g/mol.